The van der Waals surface area contributed by atoms with Crippen LogP contribution in [0.3, 0.4) is 0 Å². The van der Waals surface area contributed by atoms with E-state index in [-0.39, 0.29) is 19.0 Å². The van der Waals surface area contributed by atoms with Crippen molar-refractivity contribution in [3.8, 4) is 0 Å². The number of nitrogens with zero attached hydrogens (tertiary/aromatic N) is 1. The Labute approximate surface area is 95.9 Å². The van der Waals surface area contributed by atoms with Gasteiger partial charge in [-0.25, -0.2) is 4.90 Å². The lowest BCUT2D eigenvalue weighted by atomic mass is 9.98. The highest BCUT2D eigenvalue weighted by Gasteiger charge is 2.38. The average Bonchev–Trinajstić information content (AvgIpc) is 2.18. The van der Waals surface area contributed by atoms with Crippen molar-refractivity contribution in [3.63, 3.8) is 0 Å². The van der Waals surface area contributed by atoms with Gasteiger partial charge in [-0.15, -0.1) is 0 Å². The van der Waals surface area contributed by atoms with Crippen molar-refractivity contribution in [2.24, 2.45) is 5.92 Å². The second kappa shape index (κ2) is 6.06. The van der Waals surface area contributed by atoms with Gasteiger partial charge >= 0.3 is 6.30 Å². The lowest BCUT2D eigenvalue weighted by Crippen LogP contribution is -2.44. The van der Waals surface area contributed by atoms with E-state index in [2.05, 4.69) is 15.9 Å². The van der Waals surface area contributed by atoms with E-state index in [1.54, 1.807) is 0 Å². The number of likely N-dealkylation sites (tertiary alicyclic amines) is 1. The van der Waals surface area contributed by atoms with Crippen molar-refractivity contribution in [1.29, 1.82) is 0 Å². The van der Waals surface area contributed by atoms with Crippen LogP contribution in [-0.2, 0) is 4.74 Å². The van der Waals surface area contributed by atoms with Gasteiger partial charge in [0, 0.05) is 25.0 Å². The van der Waals surface area contributed by atoms with Gasteiger partial charge in [-0.1, -0.05) is 15.9 Å². The largest absolute Gasteiger partial charge is 0.459 e. The van der Waals surface area contributed by atoms with Crippen LogP contribution in [0, 0.1) is 5.92 Å². The third-order valence-electron chi connectivity index (χ3n) is 2.55. The zero-order valence-corrected chi connectivity index (χ0v) is 9.98. The SMILES string of the molecule is FC(F)(F)N1CCC(COCCBr)CC1. The molecule has 0 saturated carbocycles. The second-order valence-corrected chi connectivity index (χ2v) is 4.46. The van der Waals surface area contributed by atoms with E-state index in [1.807, 2.05) is 0 Å². The standard InChI is InChI=1S/C9H15BrF3NO/c10-3-6-15-7-8-1-4-14(5-2-8)9(11,12)13/h8H,1-7H2. The highest BCUT2D eigenvalue weighted by atomic mass is 79.9. The van der Waals surface area contributed by atoms with Gasteiger partial charge in [0.15, 0.2) is 0 Å². The monoisotopic (exact) mass is 289 g/mol. The zero-order chi connectivity index (χ0) is 11.3. The fourth-order valence-electron chi connectivity index (χ4n) is 1.66. The Morgan fingerprint density at radius 1 is 1.27 bits per heavy atom. The van der Waals surface area contributed by atoms with Crippen LogP contribution < -0.4 is 0 Å². The third-order valence-corrected chi connectivity index (χ3v) is 2.87. The molecule has 90 valence electrons. The Morgan fingerprint density at radius 3 is 2.33 bits per heavy atom. The first kappa shape index (κ1) is 13.3. The Kier molecular flexibility index (Phi) is 5.35. The molecule has 2 nitrogen and oxygen atoms in total. The van der Waals surface area contributed by atoms with Crippen molar-refractivity contribution >= 4 is 15.9 Å². The van der Waals surface area contributed by atoms with Gasteiger partial charge in [0.05, 0.1) is 6.61 Å². The molecule has 6 heteroatoms. The first-order chi connectivity index (χ1) is 7.04. The second-order valence-electron chi connectivity index (χ2n) is 3.66. The summed E-state index contributed by atoms with van der Waals surface area (Å²) < 4.78 is 42.1. The van der Waals surface area contributed by atoms with Gasteiger partial charge in [-0.05, 0) is 18.8 Å². The number of hydrogen-bond donors (Lipinski definition) is 0. The topological polar surface area (TPSA) is 12.5 Å². The number of rotatable bonds is 4. The van der Waals surface area contributed by atoms with Crippen molar-refractivity contribution in [3.05, 3.63) is 0 Å². The van der Waals surface area contributed by atoms with Crippen LogP contribution >= 0.6 is 15.9 Å². The number of halogens is 4. The van der Waals surface area contributed by atoms with E-state index in [1.165, 1.54) is 0 Å². The summed E-state index contributed by atoms with van der Waals surface area (Å²) >= 11 is 3.23. The van der Waals surface area contributed by atoms with Crippen LogP contribution in [0.2, 0.25) is 0 Å². The summed E-state index contributed by atoms with van der Waals surface area (Å²) in [5.41, 5.74) is 0. The number of hydrogen-bond acceptors (Lipinski definition) is 2. The lowest BCUT2D eigenvalue weighted by molar-refractivity contribution is -0.252. The molecular formula is C9H15BrF3NO. The molecule has 0 aromatic rings. The minimum Gasteiger partial charge on any atom is -0.380 e. The molecule has 0 bridgehead atoms. The van der Waals surface area contributed by atoms with E-state index < -0.39 is 6.30 Å². The molecule has 1 aliphatic rings. The lowest BCUT2D eigenvalue weighted by Gasteiger charge is -2.32. The molecular weight excluding hydrogens is 275 g/mol. The maximum Gasteiger partial charge on any atom is 0.459 e. The van der Waals surface area contributed by atoms with E-state index in [0.29, 0.717) is 31.0 Å². The molecule has 1 rings (SSSR count). The number of alkyl halides is 4. The smallest absolute Gasteiger partial charge is 0.380 e. The average molecular weight is 290 g/mol. The maximum atomic E-state index is 12.3. The van der Waals surface area contributed by atoms with Gasteiger partial charge in [-0.2, -0.15) is 13.2 Å². The van der Waals surface area contributed by atoms with Crippen LogP contribution in [0.25, 0.3) is 0 Å². The minimum atomic E-state index is -4.16. The first-order valence-electron chi connectivity index (χ1n) is 4.99. The number of ether oxygens (including phenoxy) is 1. The Balaban J connectivity index is 2.18. The molecule has 0 radical (unpaired) electrons. The summed E-state index contributed by atoms with van der Waals surface area (Å²) in [7, 11) is 0. The zero-order valence-electron chi connectivity index (χ0n) is 8.39. The van der Waals surface area contributed by atoms with Gasteiger partial charge in [0.1, 0.15) is 0 Å². The third kappa shape index (κ3) is 4.70. The van der Waals surface area contributed by atoms with Gasteiger partial charge in [-0.3, -0.25) is 0 Å². The van der Waals surface area contributed by atoms with E-state index in [0.717, 1.165) is 5.33 Å². The van der Waals surface area contributed by atoms with Crippen molar-refractivity contribution < 1.29 is 17.9 Å². The predicted molar refractivity (Wildman–Crippen MR) is 55.0 cm³/mol. The van der Waals surface area contributed by atoms with Crippen LogP contribution in [0.4, 0.5) is 13.2 Å². The van der Waals surface area contributed by atoms with Crippen molar-refractivity contribution in [1.82, 2.24) is 4.90 Å². The van der Waals surface area contributed by atoms with E-state index >= 15 is 0 Å². The molecule has 0 aliphatic carbocycles. The molecule has 0 unspecified atom stereocenters. The van der Waals surface area contributed by atoms with Gasteiger partial charge in [0.25, 0.3) is 0 Å². The molecule has 0 aromatic heterocycles. The molecule has 0 amide bonds. The molecule has 1 fully saturated rings. The summed E-state index contributed by atoms with van der Waals surface area (Å²) in [6, 6.07) is 0. The normalized spacial score (nSPS) is 20.8. The molecule has 15 heavy (non-hydrogen) atoms. The molecule has 0 aromatic carbocycles. The molecule has 1 aliphatic heterocycles. The van der Waals surface area contributed by atoms with Crippen LogP contribution in [0.5, 0.6) is 0 Å². The van der Waals surface area contributed by atoms with Crippen LogP contribution in [0.1, 0.15) is 12.8 Å². The summed E-state index contributed by atoms with van der Waals surface area (Å²) in [6.45, 7) is 1.41. The fraction of sp³-hybridized carbons (Fsp3) is 1.00. The Hall–Kier alpha value is 0.190. The fourth-order valence-corrected chi connectivity index (χ4v) is 1.89. The van der Waals surface area contributed by atoms with Crippen molar-refractivity contribution in [2.45, 2.75) is 19.1 Å². The first-order valence-corrected chi connectivity index (χ1v) is 6.11. The van der Waals surface area contributed by atoms with E-state index in [4.69, 9.17) is 4.74 Å². The molecule has 0 N–H and O–H groups in total. The molecule has 1 saturated heterocycles. The quantitative estimate of drug-likeness (QED) is 0.448. The molecule has 0 spiro atoms. The van der Waals surface area contributed by atoms with Crippen LogP contribution in [0.15, 0.2) is 0 Å². The van der Waals surface area contributed by atoms with Gasteiger partial charge in [0.2, 0.25) is 0 Å². The summed E-state index contributed by atoms with van der Waals surface area (Å²) in [6.07, 6.45) is -3.02. The van der Waals surface area contributed by atoms with Crippen molar-refractivity contribution in [2.75, 3.05) is 31.6 Å². The Bertz CT molecular complexity index is 181. The number of piperidine rings is 1. The molecule has 1 heterocycles. The highest BCUT2D eigenvalue weighted by Crippen LogP contribution is 2.27. The van der Waals surface area contributed by atoms with Crippen LogP contribution in [-0.4, -0.2) is 42.8 Å². The highest BCUT2D eigenvalue weighted by molar-refractivity contribution is 9.09. The summed E-state index contributed by atoms with van der Waals surface area (Å²) in [4.78, 5) is 0.577. The predicted octanol–water partition coefficient (Wildman–Crippen LogP) is 2.63. The summed E-state index contributed by atoms with van der Waals surface area (Å²) in [5, 5.41) is 0.772. The van der Waals surface area contributed by atoms with Gasteiger partial charge < -0.3 is 4.74 Å². The maximum absolute atomic E-state index is 12.3. The minimum absolute atomic E-state index is 0.103. The summed E-state index contributed by atoms with van der Waals surface area (Å²) in [5.74, 6) is 0.280. The Morgan fingerprint density at radius 2 is 1.87 bits per heavy atom. The molecule has 0 atom stereocenters. The van der Waals surface area contributed by atoms with E-state index in [9.17, 15) is 13.2 Å².